The minimum atomic E-state index is -4.27. The van der Waals surface area contributed by atoms with Gasteiger partial charge in [-0.3, -0.25) is 0 Å². The molecule has 0 heterocycles. The number of nitrogens with one attached hydrogen (secondary N) is 1. The molecule has 0 saturated carbocycles. The van der Waals surface area contributed by atoms with Crippen LogP contribution in [-0.2, 0) is 12.6 Å². The first-order valence-corrected chi connectivity index (χ1v) is 6.97. The molecule has 20 heavy (non-hydrogen) atoms. The van der Waals surface area contributed by atoms with Crippen LogP contribution in [-0.4, -0.2) is 13.1 Å². The Hall–Kier alpha value is -1.03. The van der Waals surface area contributed by atoms with E-state index in [2.05, 4.69) is 33.0 Å². The second-order valence-electron chi connectivity index (χ2n) is 6.56. The third kappa shape index (κ3) is 5.95. The summed E-state index contributed by atoms with van der Waals surface area (Å²) in [6, 6.07) is 5.62. The zero-order valence-corrected chi connectivity index (χ0v) is 12.6. The van der Waals surface area contributed by atoms with Gasteiger partial charge >= 0.3 is 6.18 Å². The van der Waals surface area contributed by atoms with Gasteiger partial charge in [-0.05, 0) is 35.9 Å². The summed E-state index contributed by atoms with van der Waals surface area (Å²) < 4.78 is 38.0. The molecule has 0 aliphatic heterocycles. The summed E-state index contributed by atoms with van der Waals surface area (Å²) in [5.74, 6) is 0.569. The van der Waals surface area contributed by atoms with E-state index in [9.17, 15) is 13.2 Å². The number of hydrogen-bond acceptors (Lipinski definition) is 1. The van der Waals surface area contributed by atoms with Crippen LogP contribution in [0.4, 0.5) is 13.2 Å². The third-order valence-electron chi connectivity index (χ3n) is 3.09. The minimum absolute atomic E-state index is 0.0703. The molecule has 0 atom stereocenters. The van der Waals surface area contributed by atoms with Crippen LogP contribution in [0.5, 0.6) is 0 Å². The summed E-state index contributed by atoms with van der Waals surface area (Å²) in [4.78, 5) is 0. The van der Waals surface area contributed by atoms with Gasteiger partial charge in [0.2, 0.25) is 0 Å². The van der Waals surface area contributed by atoms with E-state index in [1.165, 1.54) is 12.1 Å². The molecule has 0 spiro atoms. The second kappa shape index (κ2) is 6.61. The highest BCUT2D eigenvalue weighted by Crippen LogP contribution is 2.31. The summed E-state index contributed by atoms with van der Waals surface area (Å²) in [5.41, 5.74) is 0.0937. The second-order valence-corrected chi connectivity index (χ2v) is 6.56. The smallest absolute Gasteiger partial charge is 0.316 e. The Bertz CT molecular complexity index is 422. The van der Waals surface area contributed by atoms with Crippen LogP contribution in [0, 0.1) is 11.3 Å². The van der Waals surface area contributed by atoms with Gasteiger partial charge in [0, 0.05) is 6.54 Å². The van der Waals surface area contributed by atoms with Gasteiger partial charge in [0.15, 0.2) is 0 Å². The Labute approximate surface area is 119 Å². The number of benzene rings is 1. The van der Waals surface area contributed by atoms with Crippen LogP contribution in [0.3, 0.4) is 0 Å². The van der Waals surface area contributed by atoms with Crippen molar-refractivity contribution in [1.29, 1.82) is 0 Å². The fraction of sp³-hybridized carbons (Fsp3) is 0.625. The Morgan fingerprint density at radius 1 is 1.15 bits per heavy atom. The van der Waals surface area contributed by atoms with Gasteiger partial charge in [-0.15, -0.1) is 0 Å². The molecule has 0 fully saturated rings. The van der Waals surface area contributed by atoms with E-state index in [0.717, 1.165) is 24.7 Å². The summed E-state index contributed by atoms with van der Waals surface area (Å²) >= 11 is 0. The molecular weight excluding hydrogens is 263 g/mol. The van der Waals surface area contributed by atoms with Crippen molar-refractivity contribution in [2.75, 3.05) is 13.1 Å². The van der Waals surface area contributed by atoms with Gasteiger partial charge in [-0.2, -0.15) is 13.2 Å². The number of rotatable bonds is 6. The van der Waals surface area contributed by atoms with Crippen LogP contribution in [0.15, 0.2) is 24.3 Å². The van der Waals surface area contributed by atoms with Crippen molar-refractivity contribution >= 4 is 0 Å². The SMILES string of the molecule is CC(C)CNCC(C)(C)Cc1cccc(C(F)(F)F)c1. The number of hydrogen-bond donors (Lipinski definition) is 1. The third-order valence-corrected chi connectivity index (χ3v) is 3.09. The summed E-state index contributed by atoms with van der Waals surface area (Å²) in [6.45, 7) is 10.1. The quantitative estimate of drug-likeness (QED) is 0.811. The molecule has 1 aromatic rings. The highest BCUT2D eigenvalue weighted by Gasteiger charge is 2.30. The van der Waals surface area contributed by atoms with E-state index in [4.69, 9.17) is 0 Å². The molecule has 1 aromatic carbocycles. The first kappa shape index (κ1) is 17.0. The molecule has 0 aromatic heterocycles. The molecule has 0 amide bonds. The van der Waals surface area contributed by atoms with Crippen molar-refractivity contribution in [2.24, 2.45) is 11.3 Å². The minimum Gasteiger partial charge on any atom is -0.316 e. The predicted molar refractivity (Wildman–Crippen MR) is 76.6 cm³/mol. The molecule has 1 rings (SSSR count). The Kier molecular flexibility index (Phi) is 5.63. The van der Waals surface area contributed by atoms with Gasteiger partial charge in [-0.1, -0.05) is 45.9 Å². The maximum atomic E-state index is 12.7. The molecular formula is C16H24F3N. The van der Waals surface area contributed by atoms with E-state index >= 15 is 0 Å². The van der Waals surface area contributed by atoms with Gasteiger partial charge in [0.1, 0.15) is 0 Å². The van der Waals surface area contributed by atoms with E-state index in [1.54, 1.807) is 6.07 Å². The van der Waals surface area contributed by atoms with Gasteiger partial charge < -0.3 is 5.32 Å². The normalized spacial score (nSPS) is 13.0. The maximum Gasteiger partial charge on any atom is 0.416 e. The van der Waals surface area contributed by atoms with Gasteiger partial charge in [0.25, 0.3) is 0 Å². The Balaban J connectivity index is 2.67. The highest BCUT2D eigenvalue weighted by molar-refractivity contribution is 5.26. The molecule has 1 N–H and O–H groups in total. The molecule has 0 saturated heterocycles. The molecule has 0 unspecified atom stereocenters. The largest absolute Gasteiger partial charge is 0.416 e. The van der Waals surface area contributed by atoms with Crippen molar-refractivity contribution in [2.45, 2.75) is 40.3 Å². The van der Waals surface area contributed by atoms with Gasteiger partial charge in [-0.25, -0.2) is 0 Å². The standard InChI is InChI=1S/C16H24F3N/c1-12(2)10-20-11-15(3,4)9-13-6-5-7-14(8-13)16(17,18)19/h5-8,12,20H,9-11H2,1-4H3. The van der Waals surface area contributed by atoms with Crippen LogP contribution in [0.2, 0.25) is 0 Å². The lowest BCUT2D eigenvalue weighted by Gasteiger charge is -2.26. The van der Waals surface area contributed by atoms with Crippen molar-refractivity contribution in [3.63, 3.8) is 0 Å². The predicted octanol–water partition coefficient (Wildman–Crippen LogP) is 4.52. The molecule has 1 nitrogen and oxygen atoms in total. The highest BCUT2D eigenvalue weighted by atomic mass is 19.4. The Morgan fingerprint density at radius 2 is 1.80 bits per heavy atom. The lowest BCUT2D eigenvalue weighted by Crippen LogP contribution is -2.33. The zero-order chi connectivity index (χ0) is 15.4. The molecule has 4 heteroatoms. The van der Waals surface area contributed by atoms with Crippen molar-refractivity contribution < 1.29 is 13.2 Å². The first-order chi connectivity index (χ1) is 9.10. The van der Waals surface area contributed by atoms with Crippen LogP contribution in [0.1, 0.15) is 38.8 Å². The van der Waals surface area contributed by atoms with E-state index in [0.29, 0.717) is 12.3 Å². The molecule has 114 valence electrons. The summed E-state index contributed by atoms with van der Waals surface area (Å²) in [7, 11) is 0. The van der Waals surface area contributed by atoms with Crippen LogP contribution in [0.25, 0.3) is 0 Å². The average molecular weight is 287 g/mol. The maximum absolute atomic E-state index is 12.7. The number of halogens is 3. The van der Waals surface area contributed by atoms with Crippen LogP contribution >= 0.6 is 0 Å². The average Bonchev–Trinajstić information content (AvgIpc) is 2.26. The molecule has 0 bridgehead atoms. The van der Waals surface area contributed by atoms with E-state index < -0.39 is 11.7 Å². The van der Waals surface area contributed by atoms with Crippen LogP contribution < -0.4 is 5.32 Å². The van der Waals surface area contributed by atoms with E-state index in [1.807, 2.05) is 0 Å². The van der Waals surface area contributed by atoms with Crippen molar-refractivity contribution in [3.05, 3.63) is 35.4 Å². The summed E-state index contributed by atoms with van der Waals surface area (Å²) in [5, 5.41) is 3.37. The van der Waals surface area contributed by atoms with E-state index in [-0.39, 0.29) is 5.41 Å². The first-order valence-electron chi connectivity index (χ1n) is 6.97. The lowest BCUT2D eigenvalue weighted by molar-refractivity contribution is -0.137. The Morgan fingerprint density at radius 3 is 2.35 bits per heavy atom. The zero-order valence-electron chi connectivity index (χ0n) is 12.6. The molecule has 0 aliphatic carbocycles. The van der Waals surface area contributed by atoms with Gasteiger partial charge in [0.05, 0.1) is 5.56 Å². The van der Waals surface area contributed by atoms with Crippen molar-refractivity contribution in [1.82, 2.24) is 5.32 Å². The lowest BCUT2D eigenvalue weighted by atomic mass is 9.85. The monoisotopic (exact) mass is 287 g/mol. The fourth-order valence-corrected chi connectivity index (χ4v) is 2.17. The fourth-order valence-electron chi connectivity index (χ4n) is 2.17. The van der Waals surface area contributed by atoms with Crippen molar-refractivity contribution in [3.8, 4) is 0 Å². The topological polar surface area (TPSA) is 12.0 Å². The number of alkyl halides is 3. The molecule has 0 radical (unpaired) electrons. The summed E-state index contributed by atoms with van der Waals surface area (Å²) in [6.07, 6.45) is -3.64. The molecule has 0 aliphatic rings.